The Kier molecular flexibility index (Phi) is 6.46. The predicted molar refractivity (Wildman–Crippen MR) is 205 cm³/mol. The maximum atomic E-state index is 6.71. The van der Waals surface area contributed by atoms with Crippen LogP contribution in [0.3, 0.4) is 0 Å². The Morgan fingerprint density at radius 1 is 0.380 bits per heavy atom. The first kappa shape index (κ1) is 28.3. The summed E-state index contributed by atoms with van der Waals surface area (Å²) in [5, 5.41) is 3.50. The van der Waals surface area contributed by atoms with Gasteiger partial charge in [0.1, 0.15) is 16.8 Å². The molecule has 0 atom stereocenters. The lowest BCUT2D eigenvalue weighted by molar-refractivity contribution is 0.668. The molecule has 3 heterocycles. The first-order chi connectivity index (χ1) is 24.8. The van der Waals surface area contributed by atoms with Crippen molar-refractivity contribution in [2.75, 3.05) is 0 Å². The van der Waals surface area contributed by atoms with Crippen molar-refractivity contribution in [2.24, 2.45) is 0 Å². The molecule has 0 aliphatic rings. The topological polar surface area (TPSA) is 43.9 Å². The fraction of sp³-hybridized carbons (Fsp3) is 0. The Morgan fingerprint density at radius 2 is 0.920 bits per heavy atom. The molecule has 0 spiro atoms. The first-order valence-corrected chi connectivity index (χ1v) is 16.8. The highest BCUT2D eigenvalue weighted by atomic mass is 16.3. The summed E-state index contributed by atoms with van der Waals surface area (Å²) >= 11 is 0. The van der Waals surface area contributed by atoms with Crippen molar-refractivity contribution < 1.29 is 4.42 Å². The number of furan rings is 1. The lowest BCUT2D eigenvalue weighted by Crippen LogP contribution is -1.93. The van der Waals surface area contributed by atoms with Crippen LogP contribution >= 0.6 is 0 Å². The average Bonchev–Trinajstić information content (AvgIpc) is 3.74. The number of fused-ring (bicyclic) bond motifs is 6. The Hall–Kier alpha value is -6.78. The Morgan fingerprint density at radius 3 is 1.58 bits per heavy atom. The summed E-state index contributed by atoms with van der Waals surface area (Å²) in [6.07, 6.45) is 0. The fourth-order valence-corrected chi connectivity index (χ4v) is 7.25. The van der Waals surface area contributed by atoms with Crippen molar-refractivity contribution in [1.82, 2.24) is 14.5 Å². The van der Waals surface area contributed by atoms with E-state index < -0.39 is 0 Å². The summed E-state index contributed by atoms with van der Waals surface area (Å²) in [5.41, 5.74) is 13.1. The van der Waals surface area contributed by atoms with Crippen molar-refractivity contribution in [3.8, 4) is 50.6 Å². The van der Waals surface area contributed by atoms with Gasteiger partial charge in [-0.3, -0.25) is 0 Å². The van der Waals surface area contributed by atoms with E-state index >= 15 is 0 Å². The van der Waals surface area contributed by atoms with Gasteiger partial charge in [0.2, 0.25) is 0 Å². The lowest BCUT2D eigenvalue weighted by Gasteiger charge is -2.10. The number of para-hydroxylation sites is 3. The number of rotatable bonds is 5. The molecule has 0 aliphatic heterocycles. The Balaban J connectivity index is 1.04. The van der Waals surface area contributed by atoms with Crippen LogP contribution in [0.15, 0.2) is 180 Å². The van der Waals surface area contributed by atoms with E-state index in [1.807, 2.05) is 48.5 Å². The van der Waals surface area contributed by atoms with Crippen molar-refractivity contribution in [3.05, 3.63) is 176 Å². The first-order valence-electron chi connectivity index (χ1n) is 16.8. The summed E-state index contributed by atoms with van der Waals surface area (Å²) in [4.78, 5) is 10.1. The molecule has 50 heavy (non-hydrogen) atoms. The molecule has 0 unspecified atom stereocenters. The minimum absolute atomic E-state index is 0.679. The molecule has 3 aromatic heterocycles. The minimum atomic E-state index is 0.679. The van der Waals surface area contributed by atoms with Gasteiger partial charge in [-0.05, 0) is 47.0 Å². The lowest BCUT2D eigenvalue weighted by atomic mass is 9.99. The van der Waals surface area contributed by atoms with E-state index in [0.29, 0.717) is 11.4 Å². The highest BCUT2D eigenvalue weighted by molar-refractivity contribution is 6.11. The van der Waals surface area contributed by atoms with Gasteiger partial charge in [0, 0.05) is 38.5 Å². The number of nitrogens with zero attached hydrogens (tertiary/aromatic N) is 3. The second-order valence-electron chi connectivity index (χ2n) is 12.6. The molecule has 0 N–H and O–H groups in total. The van der Waals surface area contributed by atoms with E-state index in [0.717, 1.165) is 55.7 Å². The SMILES string of the molecule is c1ccc(-c2nc(-c3ccccc3)c3oc4c(-c5ccc(-c6ccc(-n7c8ccccc8c8ccccc87)cc6)cc5)cccc4c3n2)cc1. The molecular weight excluding hydrogens is 611 g/mol. The van der Waals surface area contributed by atoms with Gasteiger partial charge < -0.3 is 8.98 Å². The molecule has 234 valence electrons. The van der Waals surface area contributed by atoms with E-state index in [1.54, 1.807) is 0 Å². The summed E-state index contributed by atoms with van der Waals surface area (Å²) < 4.78 is 9.06. The summed E-state index contributed by atoms with van der Waals surface area (Å²) in [5.74, 6) is 0.679. The average molecular weight is 640 g/mol. The number of hydrogen-bond donors (Lipinski definition) is 0. The van der Waals surface area contributed by atoms with Gasteiger partial charge in [0.25, 0.3) is 0 Å². The molecule has 4 heteroatoms. The Labute approximate surface area is 288 Å². The molecule has 7 aromatic carbocycles. The largest absolute Gasteiger partial charge is 0.451 e. The third kappa shape index (κ3) is 4.54. The predicted octanol–water partition coefficient (Wildman–Crippen LogP) is 12.1. The van der Waals surface area contributed by atoms with Crippen molar-refractivity contribution in [2.45, 2.75) is 0 Å². The smallest absolute Gasteiger partial charge is 0.180 e. The number of aromatic nitrogens is 3. The molecule has 0 fully saturated rings. The van der Waals surface area contributed by atoms with E-state index in [2.05, 4.69) is 132 Å². The van der Waals surface area contributed by atoms with Gasteiger partial charge in [0.05, 0.1) is 11.0 Å². The van der Waals surface area contributed by atoms with E-state index in [-0.39, 0.29) is 0 Å². The molecule has 0 amide bonds. The fourth-order valence-electron chi connectivity index (χ4n) is 7.25. The molecule has 0 bridgehead atoms. The molecular formula is C46H29N3O. The number of benzene rings is 7. The van der Waals surface area contributed by atoms with Crippen LogP contribution in [0.1, 0.15) is 0 Å². The van der Waals surface area contributed by atoms with Crippen molar-refractivity contribution >= 4 is 43.9 Å². The van der Waals surface area contributed by atoms with Crippen LogP contribution in [0.2, 0.25) is 0 Å². The second-order valence-corrected chi connectivity index (χ2v) is 12.6. The molecule has 0 aliphatic carbocycles. The van der Waals surface area contributed by atoms with Gasteiger partial charge in [-0.25, -0.2) is 9.97 Å². The van der Waals surface area contributed by atoms with E-state index in [4.69, 9.17) is 14.4 Å². The van der Waals surface area contributed by atoms with Crippen LogP contribution in [0.4, 0.5) is 0 Å². The van der Waals surface area contributed by atoms with Crippen LogP contribution < -0.4 is 0 Å². The van der Waals surface area contributed by atoms with Gasteiger partial charge in [-0.2, -0.15) is 0 Å². The van der Waals surface area contributed by atoms with Crippen molar-refractivity contribution in [1.29, 1.82) is 0 Å². The van der Waals surface area contributed by atoms with Crippen LogP contribution in [-0.4, -0.2) is 14.5 Å². The van der Waals surface area contributed by atoms with Gasteiger partial charge >= 0.3 is 0 Å². The normalized spacial score (nSPS) is 11.6. The zero-order valence-electron chi connectivity index (χ0n) is 27.0. The third-order valence-electron chi connectivity index (χ3n) is 9.65. The quantitative estimate of drug-likeness (QED) is 0.188. The zero-order valence-corrected chi connectivity index (χ0v) is 27.0. The molecule has 0 radical (unpaired) electrons. The summed E-state index contributed by atoms with van der Waals surface area (Å²) in [6, 6.07) is 61.4. The maximum Gasteiger partial charge on any atom is 0.180 e. The van der Waals surface area contributed by atoms with Gasteiger partial charge in [-0.1, -0.05) is 146 Å². The van der Waals surface area contributed by atoms with E-state index in [9.17, 15) is 0 Å². The molecule has 0 saturated heterocycles. The molecule has 0 saturated carbocycles. The molecule has 10 aromatic rings. The van der Waals surface area contributed by atoms with Gasteiger partial charge in [-0.15, -0.1) is 0 Å². The minimum Gasteiger partial charge on any atom is -0.451 e. The zero-order chi connectivity index (χ0) is 33.0. The third-order valence-corrected chi connectivity index (χ3v) is 9.65. The summed E-state index contributed by atoms with van der Waals surface area (Å²) in [6.45, 7) is 0. The standard InChI is InChI=1S/C46H29N3O/c1-3-12-33(13-4-1)42-45-43(48-46(47-42)34-14-5-2-6-15-34)39-19-11-18-36(44(39)50-45)32-24-22-30(23-25-32)31-26-28-35(29-27-31)49-40-20-9-7-16-37(40)38-17-8-10-21-41(38)49/h1-29H. The number of hydrogen-bond acceptors (Lipinski definition) is 3. The summed E-state index contributed by atoms with van der Waals surface area (Å²) in [7, 11) is 0. The monoisotopic (exact) mass is 639 g/mol. The van der Waals surface area contributed by atoms with E-state index in [1.165, 1.54) is 27.4 Å². The van der Waals surface area contributed by atoms with Crippen LogP contribution in [0.25, 0.3) is 94.5 Å². The molecule has 10 rings (SSSR count). The maximum absolute atomic E-state index is 6.71. The second kappa shape index (κ2) is 11.4. The van der Waals surface area contributed by atoms with Crippen LogP contribution in [-0.2, 0) is 0 Å². The molecule has 4 nitrogen and oxygen atoms in total. The van der Waals surface area contributed by atoms with Crippen LogP contribution in [0.5, 0.6) is 0 Å². The Bertz CT molecular complexity index is 2780. The highest BCUT2D eigenvalue weighted by Gasteiger charge is 2.20. The van der Waals surface area contributed by atoms with Crippen molar-refractivity contribution in [3.63, 3.8) is 0 Å². The van der Waals surface area contributed by atoms with Crippen LogP contribution in [0, 0.1) is 0 Å². The highest BCUT2D eigenvalue weighted by Crippen LogP contribution is 2.40. The van der Waals surface area contributed by atoms with Gasteiger partial charge in [0.15, 0.2) is 11.4 Å².